The summed E-state index contributed by atoms with van der Waals surface area (Å²) in [5.74, 6) is 0.251. The molecule has 3 nitrogen and oxygen atoms in total. The molecule has 1 N–H and O–H groups in total. The van der Waals surface area contributed by atoms with Crippen LogP contribution in [-0.2, 0) is 4.79 Å². The number of benzene rings is 1. The van der Waals surface area contributed by atoms with Gasteiger partial charge in [0.15, 0.2) is 0 Å². The van der Waals surface area contributed by atoms with Gasteiger partial charge in [0.25, 0.3) is 0 Å². The second-order valence-corrected chi connectivity index (χ2v) is 6.26. The van der Waals surface area contributed by atoms with Gasteiger partial charge in [-0.25, -0.2) is 0 Å². The van der Waals surface area contributed by atoms with E-state index in [2.05, 4.69) is 55.3 Å². The largest absolute Gasteiger partial charge is 0.309 e. The maximum atomic E-state index is 12.0. The van der Waals surface area contributed by atoms with Gasteiger partial charge in [0, 0.05) is 31.7 Å². The van der Waals surface area contributed by atoms with E-state index >= 15 is 0 Å². The fourth-order valence-electron chi connectivity index (χ4n) is 3.11. The molecule has 1 fully saturated rings. The molecule has 3 atom stereocenters. The van der Waals surface area contributed by atoms with Gasteiger partial charge < -0.3 is 5.32 Å². The van der Waals surface area contributed by atoms with Crippen LogP contribution in [0.1, 0.15) is 37.8 Å². The van der Waals surface area contributed by atoms with Crippen LogP contribution in [0.4, 0.5) is 0 Å². The fourth-order valence-corrected chi connectivity index (χ4v) is 3.11. The summed E-state index contributed by atoms with van der Waals surface area (Å²) in [6.45, 7) is 11.1. The summed E-state index contributed by atoms with van der Waals surface area (Å²) in [4.78, 5) is 14.4. The number of nitrogens with one attached hydrogen (secondary N) is 1. The highest BCUT2D eigenvalue weighted by molar-refractivity contribution is 5.83. The Bertz CT molecular complexity index is 445. The van der Waals surface area contributed by atoms with E-state index in [0.29, 0.717) is 12.1 Å². The van der Waals surface area contributed by atoms with Crippen molar-refractivity contribution in [1.29, 1.82) is 0 Å². The minimum atomic E-state index is -0.00639. The molecule has 0 radical (unpaired) electrons. The van der Waals surface area contributed by atoms with Crippen molar-refractivity contribution in [2.45, 2.75) is 45.7 Å². The van der Waals surface area contributed by atoms with E-state index in [0.717, 1.165) is 25.2 Å². The summed E-state index contributed by atoms with van der Waals surface area (Å²) in [6, 6.07) is 9.35. The Kier molecular flexibility index (Phi) is 4.95. The van der Waals surface area contributed by atoms with Crippen molar-refractivity contribution in [2.24, 2.45) is 0 Å². The molecule has 1 heterocycles. The molecule has 2 rings (SSSR count). The van der Waals surface area contributed by atoms with Crippen LogP contribution < -0.4 is 5.32 Å². The molecular weight excluding hydrogens is 248 g/mol. The molecule has 1 aliphatic rings. The van der Waals surface area contributed by atoms with Crippen molar-refractivity contribution in [3.63, 3.8) is 0 Å². The summed E-state index contributed by atoms with van der Waals surface area (Å²) in [7, 11) is 0. The summed E-state index contributed by atoms with van der Waals surface area (Å²) < 4.78 is 0. The maximum Gasteiger partial charge on any atom is 0.138 e. The summed E-state index contributed by atoms with van der Waals surface area (Å²) in [5, 5.41) is 3.53. The van der Waals surface area contributed by atoms with Crippen LogP contribution in [0, 0.1) is 6.92 Å². The minimum Gasteiger partial charge on any atom is -0.309 e. The molecule has 1 aromatic rings. The van der Waals surface area contributed by atoms with Crippen LogP contribution in [0.3, 0.4) is 0 Å². The topological polar surface area (TPSA) is 32.3 Å². The lowest BCUT2D eigenvalue weighted by Crippen LogP contribution is -2.55. The van der Waals surface area contributed by atoms with Crippen molar-refractivity contribution >= 4 is 5.78 Å². The molecule has 110 valence electrons. The first-order valence-electron chi connectivity index (χ1n) is 7.51. The normalized spacial score (nSPS) is 25.4. The van der Waals surface area contributed by atoms with Crippen molar-refractivity contribution in [3.8, 4) is 0 Å². The van der Waals surface area contributed by atoms with Crippen molar-refractivity contribution < 1.29 is 4.79 Å². The predicted molar refractivity (Wildman–Crippen MR) is 83.1 cm³/mol. The number of nitrogens with zero attached hydrogens (tertiary/aromatic N) is 1. The number of hydrogen-bond donors (Lipinski definition) is 1. The minimum absolute atomic E-state index is 0.00639. The Labute approximate surface area is 122 Å². The average molecular weight is 274 g/mol. The monoisotopic (exact) mass is 274 g/mol. The number of Topliss-reactive ketones (excluding diaryl/α,β-unsaturated/α-hetero) is 1. The van der Waals surface area contributed by atoms with E-state index in [-0.39, 0.29) is 11.7 Å². The number of rotatable bonds is 4. The van der Waals surface area contributed by atoms with E-state index in [1.54, 1.807) is 6.92 Å². The Hall–Kier alpha value is -1.19. The van der Waals surface area contributed by atoms with Gasteiger partial charge in [-0.1, -0.05) is 29.8 Å². The molecule has 0 spiro atoms. The van der Waals surface area contributed by atoms with E-state index in [1.807, 2.05) is 0 Å². The summed E-state index contributed by atoms with van der Waals surface area (Å²) >= 11 is 0. The third-order valence-electron chi connectivity index (χ3n) is 4.04. The van der Waals surface area contributed by atoms with Gasteiger partial charge in [0.2, 0.25) is 0 Å². The zero-order valence-corrected chi connectivity index (χ0v) is 13.0. The quantitative estimate of drug-likeness (QED) is 0.915. The van der Waals surface area contributed by atoms with Gasteiger partial charge in [-0.3, -0.25) is 9.69 Å². The lowest BCUT2D eigenvalue weighted by Gasteiger charge is -2.37. The summed E-state index contributed by atoms with van der Waals surface area (Å²) in [6.07, 6.45) is 0. The van der Waals surface area contributed by atoms with Gasteiger partial charge in [-0.2, -0.15) is 0 Å². The molecular formula is C17H26N2O. The first-order chi connectivity index (χ1) is 9.45. The maximum absolute atomic E-state index is 12.0. The molecule has 20 heavy (non-hydrogen) atoms. The molecule has 0 unspecified atom stereocenters. The zero-order chi connectivity index (χ0) is 14.7. The Balaban J connectivity index is 2.09. The van der Waals surface area contributed by atoms with Crippen LogP contribution in [0.5, 0.6) is 0 Å². The third-order valence-corrected chi connectivity index (χ3v) is 4.04. The second kappa shape index (κ2) is 6.51. The molecule has 0 aromatic heterocycles. The smallest absolute Gasteiger partial charge is 0.138 e. The Morgan fingerprint density at radius 3 is 2.30 bits per heavy atom. The van der Waals surface area contributed by atoms with Crippen molar-refractivity contribution in [1.82, 2.24) is 10.2 Å². The number of carbonyl (C=O) groups excluding carboxylic acids is 1. The fraction of sp³-hybridized carbons (Fsp3) is 0.588. The van der Waals surface area contributed by atoms with Gasteiger partial charge in [0.05, 0.1) is 5.92 Å². The number of ketones is 1. The van der Waals surface area contributed by atoms with Crippen LogP contribution in [0.2, 0.25) is 0 Å². The Morgan fingerprint density at radius 2 is 1.80 bits per heavy atom. The SMILES string of the molecule is CC(=O)[C@H](CN1C[C@@H](C)N[C@@H](C)C1)c1ccc(C)cc1. The van der Waals surface area contributed by atoms with Crippen LogP contribution in [0.25, 0.3) is 0 Å². The highest BCUT2D eigenvalue weighted by Gasteiger charge is 2.25. The number of piperazine rings is 1. The lowest BCUT2D eigenvalue weighted by molar-refractivity contribution is -0.119. The third kappa shape index (κ3) is 3.90. The molecule has 0 saturated carbocycles. The molecule has 0 aliphatic carbocycles. The van der Waals surface area contributed by atoms with Crippen LogP contribution in [-0.4, -0.2) is 42.4 Å². The van der Waals surface area contributed by atoms with Gasteiger partial charge >= 0.3 is 0 Å². The van der Waals surface area contributed by atoms with E-state index in [4.69, 9.17) is 0 Å². The molecule has 3 heteroatoms. The number of hydrogen-bond acceptors (Lipinski definition) is 3. The van der Waals surface area contributed by atoms with Gasteiger partial charge in [-0.05, 0) is 33.3 Å². The van der Waals surface area contributed by atoms with E-state index in [1.165, 1.54) is 5.56 Å². The predicted octanol–water partition coefficient (Wildman–Crippen LogP) is 2.35. The first-order valence-corrected chi connectivity index (χ1v) is 7.51. The second-order valence-electron chi connectivity index (χ2n) is 6.26. The van der Waals surface area contributed by atoms with Gasteiger partial charge in [-0.15, -0.1) is 0 Å². The first kappa shape index (κ1) is 15.2. The Morgan fingerprint density at radius 1 is 1.25 bits per heavy atom. The standard InChI is InChI=1S/C17H26N2O/c1-12-5-7-16(8-6-12)17(15(4)20)11-19-9-13(2)18-14(3)10-19/h5-8,13-14,17-18H,9-11H2,1-4H3/t13-,14+,17-/m0/s1. The van der Waals surface area contributed by atoms with Crippen molar-refractivity contribution in [3.05, 3.63) is 35.4 Å². The molecule has 0 bridgehead atoms. The lowest BCUT2D eigenvalue weighted by atomic mass is 9.93. The van der Waals surface area contributed by atoms with Gasteiger partial charge in [0.1, 0.15) is 5.78 Å². The van der Waals surface area contributed by atoms with E-state index < -0.39 is 0 Å². The van der Waals surface area contributed by atoms with Crippen molar-refractivity contribution in [2.75, 3.05) is 19.6 Å². The zero-order valence-electron chi connectivity index (χ0n) is 13.0. The highest BCUT2D eigenvalue weighted by Crippen LogP contribution is 2.20. The van der Waals surface area contributed by atoms with E-state index in [9.17, 15) is 4.79 Å². The summed E-state index contributed by atoms with van der Waals surface area (Å²) in [5.41, 5.74) is 2.38. The highest BCUT2D eigenvalue weighted by atomic mass is 16.1. The number of aryl methyl sites for hydroxylation is 1. The molecule has 0 amide bonds. The molecule has 1 aliphatic heterocycles. The molecule has 1 aromatic carbocycles. The average Bonchev–Trinajstić information content (AvgIpc) is 2.36. The number of carbonyl (C=O) groups is 1. The van der Waals surface area contributed by atoms with Crippen LogP contribution in [0.15, 0.2) is 24.3 Å². The van der Waals surface area contributed by atoms with Crippen LogP contribution >= 0.6 is 0 Å². The molecule has 1 saturated heterocycles.